The number of ether oxygens (including phenoxy) is 1. The summed E-state index contributed by atoms with van der Waals surface area (Å²) in [5.41, 5.74) is 3.91. The maximum absolute atomic E-state index is 13.2. The maximum Gasteiger partial charge on any atom is 0.281 e. The molecule has 0 bridgehead atoms. The largest absolute Gasteiger partial charge is 0.487 e. The second-order valence-corrected chi connectivity index (χ2v) is 8.85. The molecule has 8 heteroatoms. The Hall–Kier alpha value is -4.23. The van der Waals surface area contributed by atoms with E-state index in [1.54, 1.807) is 37.3 Å². The zero-order valence-corrected chi connectivity index (χ0v) is 20.5. The van der Waals surface area contributed by atoms with Crippen molar-refractivity contribution >= 4 is 29.1 Å². The van der Waals surface area contributed by atoms with Crippen molar-refractivity contribution in [3.8, 4) is 28.3 Å². The van der Waals surface area contributed by atoms with Crippen LogP contribution in [-0.4, -0.2) is 27.5 Å². The van der Waals surface area contributed by atoms with E-state index in [9.17, 15) is 9.59 Å². The van der Waals surface area contributed by atoms with Gasteiger partial charge in [0.05, 0.1) is 6.42 Å². The van der Waals surface area contributed by atoms with E-state index in [0.29, 0.717) is 45.0 Å². The van der Waals surface area contributed by atoms with Crippen LogP contribution >= 0.6 is 11.6 Å². The van der Waals surface area contributed by atoms with E-state index in [2.05, 4.69) is 10.1 Å². The van der Waals surface area contributed by atoms with Crippen molar-refractivity contribution in [2.45, 2.75) is 26.9 Å². The smallest absolute Gasteiger partial charge is 0.281 e. The quantitative estimate of drug-likeness (QED) is 0.291. The third kappa shape index (κ3) is 4.78. The van der Waals surface area contributed by atoms with Crippen molar-refractivity contribution in [3.63, 3.8) is 0 Å². The minimum absolute atomic E-state index is 0.142. The fraction of sp³-hybridized carbons (Fsp3) is 0.143. The number of rotatable bonds is 6. The molecule has 5 rings (SSSR count). The van der Waals surface area contributed by atoms with Crippen LogP contribution in [0, 0.1) is 6.92 Å². The Bertz CT molecular complexity index is 1480. The molecule has 0 aliphatic carbocycles. The molecule has 0 fully saturated rings. The minimum atomic E-state index is -0.470. The number of hydrogen-bond acceptors (Lipinski definition) is 6. The summed E-state index contributed by atoms with van der Waals surface area (Å²) >= 11 is 5.97. The van der Waals surface area contributed by atoms with E-state index < -0.39 is 5.91 Å². The highest BCUT2D eigenvalue weighted by Crippen LogP contribution is 2.31. The lowest BCUT2D eigenvalue weighted by Crippen LogP contribution is -2.28. The first-order valence-electron chi connectivity index (χ1n) is 11.3. The number of imide groups is 1. The lowest BCUT2D eigenvalue weighted by atomic mass is 9.98. The summed E-state index contributed by atoms with van der Waals surface area (Å²) in [5.74, 6) is 0.876. The lowest BCUT2D eigenvalue weighted by molar-refractivity contribution is -0.126. The predicted molar refractivity (Wildman–Crippen MR) is 137 cm³/mol. The Morgan fingerprint density at radius 2 is 1.78 bits per heavy atom. The molecule has 180 valence electrons. The molecule has 4 aromatic rings. The van der Waals surface area contributed by atoms with Gasteiger partial charge in [-0.2, -0.15) is 10.1 Å². The first kappa shape index (κ1) is 23.5. The van der Waals surface area contributed by atoms with Gasteiger partial charge in [0.1, 0.15) is 23.8 Å². The molecular formula is C28H22ClN3O4. The Balaban J connectivity index is 1.42. The second-order valence-electron chi connectivity index (χ2n) is 8.41. The van der Waals surface area contributed by atoms with Crippen molar-refractivity contribution in [3.05, 3.63) is 94.8 Å². The van der Waals surface area contributed by atoms with Crippen molar-refractivity contribution in [2.75, 3.05) is 0 Å². The van der Waals surface area contributed by atoms with Crippen LogP contribution in [0.5, 0.6) is 5.75 Å². The van der Waals surface area contributed by atoms with Crippen LogP contribution in [0.15, 0.2) is 82.3 Å². The Kier molecular flexibility index (Phi) is 6.40. The predicted octanol–water partition coefficient (Wildman–Crippen LogP) is 6.30. The second kappa shape index (κ2) is 9.79. The molecule has 0 spiro atoms. The molecule has 0 atom stereocenters. The fourth-order valence-corrected chi connectivity index (χ4v) is 4.04. The number of hydrogen-bond donors (Lipinski definition) is 0. The number of oxazole rings is 1. The van der Waals surface area contributed by atoms with Crippen molar-refractivity contribution in [2.24, 2.45) is 5.10 Å². The number of carbonyl (C=O) groups excluding carboxylic acids is 2. The normalized spacial score (nSPS) is 13.1. The van der Waals surface area contributed by atoms with Crippen LogP contribution < -0.4 is 4.74 Å². The SMILES string of the molecule is CC1=NN(C(=O)c2ccc(OCc3nc(-c4ccc(Cl)cc4)oc3C)cc2-c2ccccc2)C(=O)C1. The molecule has 3 aromatic carbocycles. The average molecular weight is 500 g/mol. The summed E-state index contributed by atoms with van der Waals surface area (Å²) in [6.07, 6.45) is 0.142. The number of aryl methyl sites for hydroxylation is 1. The fourth-order valence-electron chi connectivity index (χ4n) is 3.91. The monoisotopic (exact) mass is 499 g/mol. The maximum atomic E-state index is 13.2. The number of amides is 2. The molecule has 0 saturated carbocycles. The van der Waals surface area contributed by atoms with Crippen LogP contribution in [-0.2, 0) is 11.4 Å². The summed E-state index contributed by atoms with van der Waals surface area (Å²) < 4.78 is 11.9. The van der Waals surface area contributed by atoms with E-state index in [1.165, 1.54) is 0 Å². The van der Waals surface area contributed by atoms with Crippen LogP contribution in [0.4, 0.5) is 0 Å². The van der Waals surface area contributed by atoms with E-state index in [4.69, 9.17) is 20.8 Å². The van der Waals surface area contributed by atoms with Crippen molar-refractivity contribution < 1.29 is 18.7 Å². The summed E-state index contributed by atoms with van der Waals surface area (Å²) in [4.78, 5) is 30.1. The summed E-state index contributed by atoms with van der Waals surface area (Å²) in [6.45, 7) is 3.74. The van der Waals surface area contributed by atoms with Crippen LogP contribution in [0.3, 0.4) is 0 Å². The first-order chi connectivity index (χ1) is 17.4. The van der Waals surface area contributed by atoms with Crippen LogP contribution in [0.2, 0.25) is 5.02 Å². The van der Waals surface area contributed by atoms with Gasteiger partial charge in [-0.25, -0.2) is 4.98 Å². The van der Waals surface area contributed by atoms with E-state index >= 15 is 0 Å². The van der Waals surface area contributed by atoms with E-state index in [-0.39, 0.29) is 18.9 Å². The molecule has 1 aromatic heterocycles. The molecule has 0 radical (unpaired) electrons. The molecule has 1 aliphatic heterocycles. The van der Waals surface area contributed by atoms with Gasteiger partial charge in [0.15, 0.2) is 0 Å². The van der Waals surface area contributed by atoms with Gasteiger partial charge in [-0.15, -0.1) is 0 Å². The Morgan fingerprint density at radius 1 is 1.03 bits per heavy atom. The number of aromatic nitrogens is 1. The summed E-state index contributed by atoms with van der Waals surface area (Å²) in [5, 5.41) is 5.69. The van der Waals surface area contributed by atoms with E-state index in [0.717, 1.165) is 16.1 Å². The molecule has 0 unspecified atom stereocenters. The van der Waals surface area contributed by atoms with Gasteiger partial charge in [0.25, 0.3) is 11.8 Å². The van der Waals surface area contributed by atoms with E-state index in [1.807, 2.05) is 49.4 Å². The molecule has 7 nitrogen and oxygen atoms in total. The van der Waals surface area contributed by atoms with Gasteiger partial charge in [0, 0.05) is 21.9 Å². The summed E-state index contributed by atoms with van der Waals surface area (Å²) in [7, 11) is 0. The molecule has 2 heterocycles. The Morgan fingerprint density at radius 3 is 2.47 bits per heavy atom. The number of carbonyl (C=O) groups is 2. The number of hydrazone groups is 1. The highest BCUT2D eigenvalue weighted by molar-refractivity contribution is 6.30. The molecule has 0 N–H and O–H groups in total. The molecule has 1 aliphatic rings. The number of nitrogens with zero attached hydrogens (tertiary/aromatic N) is 3. The van der Waals surface area contributed by atoms with Gasteiger partial charge in [-0.1, -0.05) is 41.9 Å². The first-order valence-corrected chi connectivity index (χ1v) is 11.7. The molecule has 36 heavy (non-hydrogen) atoms. The zero-order chi connectivity index (χ0) is 25.2. The minimum Gasteiger partial charge on any atom is -0.487 e. The van der Waals surface area contributed by atoms with Gasteiger partial charge >= 0.3 is 0 Å². The number of benzene rings is 3. The molecular weight excluding hydrogens is 478 g/mol. The standard InChI is InChI=1S/C28H22ClN3O4/c1-17-14-26(33)32(31-17)28(34)23-13-12-22(15-24(23)19-6-4-3-5-7-19)35-16-25-18(2)36-27(30-25)20-8-10-21(29)11-9-20/h3-13,15H,14,16H2,1-2H3. The lowest BCUT2D eigenvalue weighted by Gasteiger charge is -2.15. The third-order valence-corrected chi connectivity index (χ3v) is 6.02. The number of halogens is 1. The zero-order valence-electron chi connectivity index (χ0n) is 19.7. The topological polar surface area (TPSA) is 85.0 Å². The summed E-state index contributed by atoms with van der Waals surface area (Å²) in [6, 6.07) is 21.9. The average Bonchev–Trinajstić information content (AvgIpc) is 3.43. The molecule has 2 amide bonds. The van der Waals surface area contributed by atoms with Crippen LogP contribution in [0.1, 0.15) is 35.2 Å². The van der Waals surface area contributed by atoms with Crippen molar-refractivity contribution in [1.29, 1.82) is 0 Å². The van der Waals surface area contributed by atoms with Gasteiger partial charge < -0.3 is 9.15 Å². The van der Waals surface area contributed by atoms with Gasteiger partial charge in [-0.05, 0) is 67.4 Å². The Labute approximate surface area is 213 Å². The van der Waals surface area contributed by atoms with Gasteiger partial charge in [-0.3, -0.25) is 9.59 Å². The molecule has 0 saturated heterocycles. The highest BCUT2D eigenvalue weighted by Gasteiger charge is 2.30. The van der Waals surface area contributed by atoms with Crippen LogP contribution in [0.25, 0.3) is 22.6 Å². The highest BCUT2D eigenvalue weighted by atomic mass is 35.5. The van der Waals surface area contributed by atoms with Gasteiger partial charge in [0.2, 0.25) is 5.89 Å². The third-order valence-electron chi connectivity index (χ3n) is 5.77. The van der Waals surface area contributed by atoms with Crippen molar-refractivity contribution in [1.82, 2.24) is 9.99 Å².